The van der Waals surface area contributed by atoms with E-state index in [0.717, 1.165) is 0 Å². The highest BCUT2D eigenvalue weighted by molar-refractivity contribution is 5.01. The highest BCUT2D eigenvalue weighted by Gasteiger charge is 1.87. The second-order valence-electron chi connectivity index (χ2n) is 3.41. The number of rotatable bonds is 7. The van der Waals surface area contributed by atoms with Gasteiger partial charge in [0.05, 0.1) is 0 Å². The topological polar surface area (TPSA) is 0 Å². The van der Waals surface area contributed by atoms with Crippen molar-refractivity contribution in [3.8, 4) is 0 Å². The summed E-state index contributed by atoms with van der Waals surface area (Å²) < 4.78 is 0. The lowest BCUT2D eigenvalue weighted by Crippen LogP contribution is -1.77. The fourth-order valence-corrected chi connectivity index (χ4v) is 1.32. The lowest BCUT2D eigenvalue weighted by molar-refractivity contribution is 0.921. The van der Waals surface area contributed by atoms with Gasteiger partial charge in [0, 0.05) is 0 Å². The smallest absolute Gasteiger partial charge is 0.0313 e. The van der Waals surface area contributed by atoms with Crippen LogP contribution in [0.4, 0.5) is 0 Å². The predicted molar refractivity (Wildman–Crippen MR) is 61.9 cm³/mol. The van der Waals surface area contributed by atoms with Crippen molar-refractivity contribution in [3.63, 3.8) is 0 Å². The first-order valence-corrected chi connectivity index (χ1v) is 5.68. The number of unbranched alkanes of at least 4 members (excludes halogenated alkanes) is 2. The molecule has 0 aromatic heterocycles. The first-order valence-electron chi connectivity index (χ1n) is 5.68. The maximum absolute atomic E-state index is 2.40. The molecule has 0 spiro atoms. The van der Waals surface area contributed by atoms with Crippen LogP contribution in [-0.2, 0) is 0 Å². The minimum Gasteiger partial charge on any atom is -0.0885 e. The van der Waals surface area contributed by atoms with Crippen LogP contribution in [0.3, 0.4) is 0 Å². The molecule has 0 aromatic rings. The Hall–Kier alpha value is -0.520. The molecule has 0 nitrogen and oxygen atoms in total. The maximum atomic E-state index is 2.40. The normalized spacial score (nSPS) is 10.7. The zero-order chi connectivity index (χ0) is 9.94. The van der Waals surface area contributed by atoms with Gasteiger partial charge in [-0.2, -0.15) is 0 Å². The summed E-state index contributed by atoms with van der Waals surface area (Å²) in [4.78, 5) is 0. The van der Waals surface area contributed by atoms with Crippen molar-refractivity contribution in [1.82, 2.24) is 0 Å². The third kappa shape index (κ3) is 7.83. The Morgan fingerprint density at radius 3 is 2.00 bits per heavy atom. The molecule has 0 atom stereocenters. The van der Waals surface area contributed by atoms with Crippen LogP contribution in [0.25, 0.3) is 0 Å². The van der Waals surface area contributed by atoms with E-state index in [2.05, 4.69) is 39.0 Å². The molecule has 0 aliphatic rings. The van der Waals surface area contributed by atoms with E-state index in [4.69, 9.17) is 0 Å². The van der Waals surface area contributed by atoms with Crippen LogP contribution in [-0.4, -0.2) is 0 Å². The summed E-state index contributed by atoms with van der Waals surface area (Å²) in [5, 5.41) is 0. The standard InChI is InChI=1S/C13H24/c1-4-7-8-9-10-11-12-13(5-2)6-3/h8-9,12H,4-7,10-11H2,1-3H3. The Bertz CT molecular complexity index is 145. The molecule has 0 radical (unpaired) electrons. The van der Waals surface area contributed by atoms with Crippen molar-refractivity contribution in [1.29, 1.82) is 0 Å². The van der Waals surface area contributed by atoms with E-state index < -0.39 is 0 Å². The van der Waals surface area contributed by atoms with E-state index >= 15 is 0 Å². The van der Waals surface area contributed by atoms with E-state index in [1.807, 2.05) is 0 Å². The van der Waals surface area contributed by atoms with Gasteiger partial charge in [0.1, 0.15) is 0 Å². The molecule has 0 rings (SSSR count). The van der Waals surface area contributed by atoms with Crippen LogP contribution in [0.1, 0.15) is 59.3 Å². The van der Waals surface area contributed by atoms with Crippen molar-refractivity contribution in [2.45, 2.75) is 59.3 Å². The monoisotopic (exact) mass is 180 g/mol. The molecule has 0 heteroatoms. The van der Waals surface area contributed by atoms with Crippen LogP contribution in [0.5, 0.6) is 0 Å². The van der Waals surface area contributed by atoms with Gasteiger partial charge in [-0.1, -0.05) is 51.0 Å². The highest BCUT2D eigenvalue weighted by Crippen LogP contribution is 2.08. The third-order valence-electron chi connectivity index (χ3n) is 2.30. The van der Waals surface area contributed by atoms with Gasteiger partial charge in [-0.15, -0.1) is 0 Å². The van der Waals surface area contributed by atoms with Gasteiger partial charge in [0.2, 0.25) is 0 Å². The van der Waals surface area contributed by atoms with E-state index in [9.17, 15) is 0 Å². The summed E-state index contributed by atoms with van der Waals surface area (Å²) in [6.07, 6.45) is 14.4. The van der Waals surface area contributed by atoms with E-state index in [-0.39, 0.29) is 0 Å². The summed E-state index contributed by atoms with van der Waals surface area (Å²) in [5.74, 6) is 0. The molecule has 0 bridgehead atoms. The Balaban J connectivity index is 3.47. The molecule has 0 aliphatic carbocycles. The average molecular weight is 180 g/mol. The van der Waals surface area contributed by atoms with Crippen molar-refractivity contribution in [3.05, 3.63) is 23.8 Å². The lowest BCUT2D eigenvalue weighted by atomic mass is 10.1. The van der Waals surface area contributed by atoms with Crippen molar-refractivity contribution in [2.75, 3.05) is 0 Å². The average Bonchev–Trinajstić information content (AvgIpc) is 2.17. The number of hydrogen-bond donors (Lipinski definition) is 0. The Morgan fingerprint density at radius 1 is 0.846 bits per heavy atom. The minimum atomic E-state index is 1.21. The maximum Gasteiger partial charge on any atom is -0.0313 e. The molecule has 0 fully saturated rings. The van der Waals surface area contributed by atoms with Crippen LogP contribution in [0, 0.1) is 0 Å². The van der Waals surface area contributed by atoms with Crippen molar-refractivity contribution >= 4 is 0 Å². The van der Waals surface area contributed by atoms with E-state index in [1.165, 1.54) is 38.5 Å². The van der Waals surface area contributed by atoms with E-state index in [1.54, 1.807) is 5.57 Å². The highest BCUT2D eigenvalue weighted by atomic mass is 13.9. The van der Waals surface area contributed by atoms with Gasteiger partial charge in [-0.05, 0) is 32.1 Å². The molecular weight excluding hydrogens is 156 g/mol. The molecular formula is C13H24. The summed E-state index contributed by atoms with van der Waals surface area (Å²) in [5.41, 5.74) is 1.60. The first kappa shape index (κ1) is 12.5. The summed E-state index contributed by atoms with van der Waals surface area (Å²) >= 11 is 0. The molecule has 0 heterocycles. The van der Waals surface area contributed by atoms with Crippen molar-refractivity contribution in [2.24, 2.45) is 0 Å². The fraction of sp³-hybridized carbons (Fsp3) is 0.692. The minimum absolute atomic E-state index is 1.21. The number of allylic oxidation sites excluding steroid dienone is 4. The molecule has 0 saturated carbocycles. The Morgan fingerprint density at radius 2 is 1.46 bits per heavy atom. The zero-order valence-corrected chi connectivity index (χ0v) is 9.47. The molecule has 0 N–H and O–H groups in total. The number of hydrogen-bond acceptors (Lipinski definition) is 0. The predicted octanol–water partition coefficient (Wildman–Crippen LogP) is 4.87. The quantitative estimate of drug-likeness (QED) is 0.387. The van der Waals surface area contributed by atoms with Gasteiger partial charge in [0.15, 0.2) is 0 Å². The van der Waals surface area contributed by atoms with Gasteiger partial charge < -0.3 is 0 Å². The summed E-state index contributed by atoms with van der Waals surface area (Å²) in [6, 6.07) is 0. The van der Waals surface area contributed by atoms with Gasteiger partial charge >= 0.3 is 0 Å². The molecule has 0 aromatic carbocycles. The Labute approximate surface area is 83.7 Å². The largest absolute Gasteiger partial charge is 0.0885 e. The van der Waals surface area contributed by atoms with E-state index in [0.29, 0.717) is 0 Å². The summed E-state index contributed by atoms with van der Waals surface area (Å²) in [7, 11) is 0. The van der Waals surface area contributed by atoms with Crippen LogP contribution >= 0.6 is 0 Å². The lowest BCUT2D eigenvalue weighted by Gasteiger charge is -1.98. The third-order valence-corrected chi connectivity index (χ3v) is 2.30. The zero-order valence-electron chi connectivity index (χ0n) is 9.47. The molecule has 0 aliphatic heterocycles. The second-order valence-corrected chi connectivity index (χ2v) is 3.41. The first-order chi connectivity index (χ1) is 6.35. The second kappa shape index (κ2) is 9.57. The Kier molecular flexibility index (Phi) is 9.18. The van der Waals surface area contributed by atoms with Crippen molar-refractivity contribution < 1.29 is 0 Å². The van der Waals surface area contributed by atoms with Gasteiger partial charge in [-0.25, -0.2) is 0 Å². The van der Waals surface area contributed by atoms with Gasteiger partial charge in [-0.3, -0.25) is 0 Å². The molecule has 76 valence electrons. The molecule has 13 heavy (non-hydrogen) atoms. The van der Waals surface area contributed by atoms with Crippen LogP contribution in [0.15, 0.2) is 23.8 Å². The fourth-order valence-electron chi connectivity index (χ4n) is 1.32. The molecule has 0 amide bonds. The SMILES string of the molecule is CCCC=CCCC=C(CC)CC. The summed E-state index contributed by atoms with van der Waals surface area (Å²) in [6.45, 7) is 6.70. The molecule has 0 unspecified atom stereocenters. The van der Waals surface area contributed by atoms with Crippen LogP contribution < -0.4 is 0 Å². The van der Waals surface area contributed by atoms with Gasteiger partial charge in [0.25, 0.3) is 0 Å². The van der Waals surface area contributed by atoms with Crippen LogP contribution in [0.2, 0.25) is 0 Å². The molecule has 0 saturated heterocycles.